The van der Waals surface area contributed by atoms with E-state index in [2.05, 4.69) is 51.4 Å². The van der Waals surface area contributed by atoms with E-state index < -0.39 is 0 Å². The highest BCUT2D eigenvalue weighted by Gasteiger charge is 2.30. The van der Waals surface area contributed by atoms with E-state index in [4.69, 9.17) is 9.15 Å². The average Bonchev–Trinajstić information content (AvgIpc) is 3.57. The number of rotatable bonds is 10. The minimum Gasteiger partial charge on any atom is -0.497 e. The first kappa shape index (κ1) is 24.5. The number of tetrazole rings is 1. The van der Waals surface area contributed by atoms with Crippen LogP contribution in [0.5, 0.6) is 5.75 Å². The molecule has 0 aliphatic heterocycles. The molecule has 3 aromatic heterocycles. The number of pyridine rings is 1. The second kappa shape index (κ2) is 10.8. The number of nitrogens with zero attached hydrogens (tertiary/aromatic N) is 5. The van der Waals surface area contributed by atoms with Crippen LogP contribution in [0.15, 0.2) is 82.2 Å². The van der Waals surface area contributed by atoms with E-state index in [-0.39, 0.29) is 17.5 Å². The molecular formula is C28H30N6O3. The Bertz CT molecular complexity index is 1510. The first-order valence-electron chi connectivity index (χ1n) is 12.3. The van der Waals surface area contributed by atoms with Crippen LogP contribution in [-0.4, -0.2) is 37.2 Å². The first-order valence-corrected chi connectivity index (χ1v) is 12.3. The number of H-pyrrole nitrogens is 1. The summed E-state index contributed by atoms with van der Waals surface area (Å²) in [6, 6.07) is 21.3. The molecule has 0 aliphatic carbocycles. The number of aromatic nitrogens is 5. The molecular weight excluding hydrogens is 468 g/mol. The molecule has 5 aromatic rings. The Balaban J connectivity index is 1.53. The largest absolute Gasteiger partial charge is 0.497 e. The standard InChI is InChI=1S/C28H30N6O3/c1-19(2)26(27-30-31-32-34(27)16-20-8-5-4-6-9-20)33(18-24-10-7-13-37-24)17-22-14-21-11-12-23(36-3)15-25(21)29-28(22)35/h4-15,19,26H,16-18H2,1-3H3,(H,29,35). The molecule has 1 N–H and O–H groups in total. The fourth-order valence-corrected chi connectivity index (χ4v) is 4.72. The molecule has 190 valence electrons. The maximum atomic E-state index is 13.2. The third-order valence-electron chi connectivity index (χ3n) is 6.47. The van der Waals surface area contributed by atoms with Crippen molar-refractivity contribution in [2.24, 2.45) is 5.92 Å². The van der Waals surface area contributed by atoms with Crippen LogP contribution in [-0.2, 0) is 19.6 Å². The van der Waals surface area contributed by atoms with Crippen LogP contribution in [0, 0.1) is 5.92 Å². The van der Waals surface area contributed by atoms with Gasteiger partial charge in [-0.2, -0.15) is 0 Å². The summed E-state index contributed by atoms with van der Waals surface area (Å²) in [6.07, 6.45) is 1.66. The van der Waals surface area contributed by atoms with Crippen LogP contribution in [0.25, 0.3) is 10.9 Å². The van der Waals surface area contributed by atoms with Crippen LogP contribution in [0.4, 0.5) is 0 Å². The van der Waals surface area contributed by atoms with E-state index in [9.17, 15) is 4.79 Å². The number of ether oxygens (including phenoxy) is 1. The molecule has 9 nitrogen and oxygen atoms in total. The maximum absolute atomic E-state index is 13.2. The molecule has 0 radical (unpaired) electrons. The number of hydrogen-bond acceptors (Lipinski definition) is 7. The molecule has 3 heterocycles. The van der Waals surface area contributed by atoms with Crippen molar-refractivity contribution < 1.29 is 9.15 Å². The van der Waals surface area contributed by atoms with Crippen LogP contribution >= 0.6 is 0 Å². The summed E-state index contributed by atoms with van der Waals surface area (Å²) in [6.45, 7) is 5.71. The zero-order chi connectivity index (χ0) is 25.8. The molecule has 5 rings (SSSR count). The second-order valence-electron chi connectivity index (χ2n) is 9.43. The molecule has 0 saturated carbocycles. The molecule has 1 atom stereocenters. The Labute approximate surface area is 214 Å². The Morgan fingerprint density at radius 1 is 1.05 bits per heavy atom. The monoisotopic (exact) mass is 498 g/mol. The second-order valence-corrected chi connectivity index (χ2v) is 9.43. The first-order chi connectivity index (χ1) is 18.0. The van der Waals surface area contributed by atoms with Crippen LogP contribution in [0.3, 0.4) is 0 Å². The lowest BCUT2D eigenvalue weighted by molar-refractivity contribution is 0.116. The zero-order valence-corrected chi connectivity index (χ0v) is 21.2. The van der Waals surface area contributed by atoms with Crippen molar-refractivity contribution in [2.75, 3.05) is 7.11 Å². The molecule has 0 fully saturated rings. The van der Waals surface area contributed by atoms with E-state index in [0.29, 0.717) is 30.9 Å². The lowest BCUT2D eigenvalue weighted by Gasteiger charge is -2.33. The van der Waals surface area contributed by atoms with Crippen molar-refractivity contribution >= 4 is 10.9 Å². The lowest BCUT2D eigenvalue weighted by atomic mass is 10.00. The molecule has 0 saturated heterocycles. The molecule has 0 spiro atoms. The lowest BCUT2D eigenvalue weighted by Crippen LogP contribution is -2.35. The number of aromatic amines is 1. The molecule has 1 unspecified atom stereocenters. The van der Waals surface area contributed by atoms with Gasteiger partial charge in [0.25, 0.3) is 5.56 Å². The molecule has 0 amide bonds. The number of benzene rings is 2. The van der Waals surface area contributed by atoms with Gasteiger partial charge in [0.05, 0.1) is 38.0 Å². The van der Waals surface area contributed by atoms with Gasteiger partial charge in [0.15, 0.2) is 5.82 Å². The average molecular weight is 499 g/mol. The van der Waals surface area contributed by atoms with E-state index in [1.54, 1.807) is 13.4 Å². The van der Waals surface area contributed by atoms with Crippen LogP contribution < -0.4 is 10.3 Å². The van der Waals surface area contributed by atoms with Gasteiger partial charge < -0.3 is 14.1 Å². The summed E-state index contributed by atoms with van der Waals surface area (Å²) in [5.41, 5.74) is 2.35. The topological polar surface area (TPSA) is 102 Å². The summed E-state index contributed by atoms with van der Waals surface area (Å²) in [5, 5.41) is 13.7. The number of methoxy groups -OCH3 is 1. The minimum atomic E-state index is -0.172. The highest BCUT2D eigenvalue weighted by Crippen LogP contribution is 2.31. The Morgan fingerprint density at radius 2 is 1.89 bits per heavy atom. The smallest absolute Gasteiger partial charge is 0.252 e. The van der Waals surface area contributed by atoms with Crippen molar-refractivity contribution in [3.05, 3.63) is 106 Å². The maximum Gasteiger partial charge on any atom is 0.252 e. The van der Waals surface area contributed by atoms with Gasteiger partial charge in [0.1, 0.15) is 11.5 Å². The van der Waals surface area contributed by atoms with Crippen LogP contribution in [0.2, 0.25) is 0 Å². The summed E-state index contributed by atoms with van der Waals surface area (Å²) in [4.78, 5) is 18.4. The van der Waals surface area contributed by atoms with E-state index in [1.165, 1.54) is 0 Å². The fraction of sp³-hybridized carbons (Fsp3) is 0.286. The Hall–Kier alpha value is -4.24. The van der Waals surface area contributed by atoms with Crippen molar-refractivity contribution in [3.63, 3.8) is 0 Å². The Morgan fingerprint density at radius 3 is 2.62 bits per heavy atom. The molecule has 9 heteroatoms. The summed E-state index contributed by atoms with van der Waals surface area (Å²) >= 11 is 0. The van der Waals surface area contributed by atoms with Crippen molar-refractivity contribution in [3.8, 4) is 5.75 Å². The molecule has 2 aromatic carbocycles. The fourth-order valence-electron chi connectivity index (χ4n) is 4.72. The van der Waals surface area contributed by atoms with Gasteiger partial charge in [-0.05, 0) is 57.6 Å². The van der Waals surface area contributed by atoms with Crippen molar-refractivity contribution in [1.29, 1.82) is 0 Å². The highest BCUT2D eigenvalue weighted by atomic mass is 16.5. The number of hydrogen-bond donors (Lipinski definition) is 1. The number of furan rings is 1. The van der Waals surface area contributed by atoms with E-state index in [1.807, 2.05) is 59.3 Å². The SMILES string of the molecule is COc1ccc2cc(CN(Cc3ccco3)C(c3nnnn3Cc3ccccc3)C(C)C)c(=O)[nH]c2c1. The number of nitrogens with one attached hydrogen (secondary N) is 1. The highest BCUT2D eigenvalue weighted by molar-refractivity contribution is 5.80. The summed E-state index contributed by atoms with van der Waals surface area (Å²) in [5.74, 6) is 2.39. The van der Waals surface area contributed by atoms with Crippen molar-refractivity contribution in [2.45, 2.75) is 39.5 Å². The van der Waals surface area contributed by atoms with E-state index >= 15 is 0 Å². The molecule has 0 aliphatic rings. The van der Waals surface area contributed by atoms with Crippen LogP contribution in [0.1, 0.15) is 42.6 Å². The van der Waals surface area contributed by atoms with Gasteiger partial charge in [-0.15, -0.1) is 5.10 Å². The quantitative estimate of drug-likeness (QED) is 0.301. The van der Waals surface area contributed by atoms with Gasteiger partial charge >= 0.3 is 0 Å². The third kappa shape index (κ3) is 5.46. The summed E-state index contributed by atoms with van der Waals surface area (Å²) in [7, 11) is 1.61. The number of fused-ring (bicyclic) bond motifs is 1. The van der Waals surface area contributed by atoms with Gasteiger partial charge in [-0.3, -0.25) is 9.69 Å². The molecule has 0 bridgehead atoms. The minimum absolute atomic E-state index is 0.142. The zero-order valence-electron chi connectivity index (χ0n) is 21.2. The predicted molar refractivity (Wildman–Crippen MR) is 140 cm³/mol. The van der Waals surface area contributed by atoms with Gasteiger partial charge in [-0.1, -0.05) is 44.2 Å². The van der Waals surface area contributed by atoms with Crippen molar-refractivity contribution in [1.82, 2.24) is 30.1 Å². The van der Waals surface area contributed by atoms with Gasteiger partial charge in [-0.25, -0.2) is 4.68 Å². The summed E-state index contributed by atoms with van der Waals surface area (Å²) < 4.78 is 12.8. The third-order valence-corrected chi connectivity index (χ3v) is 6.47. The van der Waals surface area contributed by atoms with Gasteiger partial charge in [0.2, 0.25) is 0 Å². The van der Waals surface area contributed by atoms with Gasteiger partial charge in [0, 0.05) is 18.2 Å². The normalized spacial score (nSPS) is 12.5. The molecule has 37 heavy (non-hydrogen) atoms. The van der Waals surface area contributed by atoms with E-state index in [0.717, 1.165) is 28.1 Å². The predicted octanol–water partition coefficient (Wildman–Crippen LogP) is 4.56. The Kier molecular flexibility index (Phi) is 7.14.